The Morgan fingerprint density at radius 3 is 2.17 bits per heavy atom. The molecule has 0 aromatic rings. The number of ether oxygens (including phenoxy) is 2. The second kappa shape index (κ2) is 11.5. The second-order valence-corrected chi connectivity index (χ2v) is 6.53. The van der Waals surface area contributed by atoms with Crippen LogP contribution in [0.25, 0.3) is 0 Å². The first-order valence-corrected chi connectivity index (χ1v) is 9.48. The highest BCUT2D eigenvalue weighted by molar-refractivity contribution is 5.82. The maximum atomic E-state index is 12.5. The van der Waals surface area contributed by atoms with Crippen LogP contribution in [0, 0.1) is 17.8 Å². The van der Waals surface area contributed by atoms with Gasteiger partial charge < -0.3 is 9.47 Å². The molecule has 3 atom stereocenters. The molecule has 1 fully saturated rings. The number of esters is 2. The van der Waals surface area contributed by atoms with Crippen molar-refractivity contribution in [3.8, 4) is 0 Å². The zero-order valence-electron chi connectivity index (χ0n) is 15.1. The van der Waals surface area contributed by atoms with Crippen LogP contribution in [0.1, 0.15) is 78.6 Å². The Morgan fingerprint density at radius 2 is 1.52 bits per heavy atom. The molecule has 1 saturated carbocycles. The summed E-state index contributed by atoms with van der Waals surface area (Å²) in [6.45, 7) is 6.57. The smallest absolute Gasteiger partial charge is 0.310 e. The van der Waals surface area contributed by atoms with E-state index in [4.69, 9.17) is 9.47 Å². The van der Waals surface area contributed by atoms with E-state index < -0.39 is 0 Å². The number of hydrogen-bond donors (Lipinski definition) is 0. The zero-order chi connectivity index (χ0) is 17.1. The summed E-state index contributed by atoms with van der Waals surface area (Å²) in [6.07, 6.45) is 9.62. The van der Waals surface area contributed by atoms with Crippen molar-refractivity contribution >= 4 is 11.9 Å². The summed E-state index contributed by atoms with van der Waals surface area (Å²) in [6, 6.07) is 0. The van der Waals surface area contributed by atoms with Crippen LogP contribution in [0.3, 0.4) is 0 Å². The van der Waals surface area contributed by atoms with Gasteiger partial charge in [-0.25, -0.2) is 0 Å². The van der Waals surface area contributed by atoms with Crippen molar-refractivity contribution in [2.24, 2.45) is 17.8 Å². The van der Waals surface area contributed by atoms with Crippen LogP contribution in [-0.2, 0) is 19.1 Å². The Morgan fingerprint density at radius 1 is 0.870 bits per heavy atom. The second-order valence-electron chi connectivity index (χ2n) is 6.53. The molecule has 1 aliphatic rings. The van der Waals surface area contributed by atoms with Crippen molar-refractivity contribution in [1.29, 1.82) is 0 Å². The molecule has 0 radical (unpaired) electrons. The number of unbranched alkanes of at least 4 members (excludes halogenated alkanes) is 3. The van der Waals surface area contributed by atoms with Gasteiger partial charge >= 0.3 is 11.9 Å². The summed E-state index contributed by atoms with van der Waals surface area (Å²) in [5.41, 5.74) is 0. The summed E-state index contributed by atoms with van der Waals surface area (Å²) in [5, 5.41) is 0. The molecule has 3 unspecified atom stereocenters. The van der Waals surface area contributed by atoms with Crippen LogP contribution in [-0.4, -0.2) is 25.2 Å². The molecule has 4 nitrogen and oxygen atoms in total. The van der Waals surface area contributed by atoms with E-state index in [2.05, 4.69) is 6.92 Å². The van der Waals surface area contributed by atoms with Gasteiger partial charge in [0.1, 0.15) is 0 Å². The summed E-state index contributed by atoms with van der Waals surface area (Å²) in [4.78, 5) is 24.9. The molecule has 23 heavy (non-hydrogen) atoms. The minimum Gasteiger partial charge on any atom is -0.466 e. The number of carbonyl (C=O) groups is 2. The lowest BCUT2D eigenvalue weighted by Crippen LogP contribution is -2.36. The maximum absolute atomic E-state index is 12.5. The SMILES string of the molecule is CCCCCCC1CCCCC(C(=O)OCC)C1C(=O)OCC. The Balaban J connectivity index is 2.84. The molecular formula is C19H34O4. The predicted octanol–water partition coefficient (Wildman–Crippen LogP) is 4.51. The number of rotatable bonds is 9. The van der Waals surface area contributed by atoms with Crippen molar-refractivity contribution < 1.29 is 19.1 Å². The zero-order valence-corrected chi connectivity index (χ0v) is 15.1. The summed E-state index contributed by atoms with van der Waals surface area (Å²) >= 11 is 0. The quantitative estimate of drug-likeness (QED) is 0.355. The van der Waals surface area contributed by atoms with Crippen LogP contribution in [0.2, 0.25) is 0 Å². The summed E-state index contributed by atoms with van der Waals surface area (Å²) in [7, 11) is 0. The summed E-state index contributed by atoms with van der Waals surface area (Å²) < 4.78 is 10.5. The Hall–Kier alpha value is -1.06. The third-order valence-electron chi connectivity index (χ3n) is 4.86. The third kappa shape index (κ3) is 6.52. The number of hydrogen-bond acceptors (Lipinski definition) is 4. The van der Waals surface area contributed by atoms with Gasteiger partial charge in [0.25, 0.3) is 0 Å². The minimum atomic E-state index is -0.326. The van der Waals surface area contributed by atoms with Crippen molar-refractivity contribution in [3.05, 3.63) is 0 Å². The third-order valence-corrected chi connectivity index (χ3v) is 4.86. The van der Waals surface area contributed by atoms with Crippen LogP contribution in [0.15, 0.2) is 0 Å². The van der Waals surface area contributed by atoms with Crippen molar-refractivity contribution in [2.45, 2.75) is 78.6 Å². The van der Waals surface area contributed by atoms with E-state index in [1.807, 2.05) is 13.8 Å². The van der Waals surface area contributed by atoms with E-state index in [0.29, 0.717) is 13.2 Å². The molecule has 0 N–H and O–H groups in total. The standard InChI is InChI=1S/C19H34O4/c1-4-7-8-9-12-15-13-10-11-14-16(18(20)22-5-2)17(15)19(21)23-6-3/h15-17H,4-14H2,1-3H3. The average Bonchev–Trinajstić information content (AvgIpc) is 2.74. The van der Waals surface area contributed by atoms with Gasteiger partial charge in [-0.2, -0.15) is 0 Å². The van der Waals surface area contributed by atoms with Crippen LogP contribution in [0.5, 0.6) is 0 Å². The van der Waals surface area contributed by atoms with E-state index >= 15 is 0 Å². The van der Waals surface area contributed by atoms with E-state index in [0.717, 1.165) is 38.5 Å². The molecular weight excluding hydrogens is 292 g/mol. The lowest BCUT2D eigenvalue weighted by Gasteiger charge is -2.28. The molecule has 0 spiro atoms. The minimum absolute atomic E-state index is 0.201. The first-order chi connectivity index (χ1) is 11.2. The van der Waals surface area contributed by atoms with Crippen molar-refractivity contribution in [2.75, 3.05) is 13.2 Å². The van der Waals surface area contributed by atoms with Crippen LogP contribution >= 0.6 is 0 Å². The monoisotopic (exact) mass is 326 g/mol. The normalized spacial score (nSPS) is 24.7. The maximum Gasteiger partial charge on any atom is 0.310 e. The van der Waals surface area contributed by atoms with Gasteiger partial charge in [-0.15, -0.1) is 0 Å². The Labute approximate surface area is 141 Å². The largest absolute Gasteiger partial charge is 0.466 e. The van der Waals surface area contributed by atoms with Crippen LogP contribution in [0.4, 0.5) is 0 Å². The molecule has 0 bridgehead atoms. The molecule has 0 heterocycles. The van der Waals surface area contributed by atoms with E-state index in [-0.39, 0.29) is 29.7 Å². The molecule has 1 rings (SSSR count). The van der Waals surface area contributed by atoms with Crippen molar-refractivity contribution in [1.82, 2.24) is 0 Å². The Bertz CT molecular complexity index is 353. The molecule has 4 heteroatoms. The molecule has 0 saturated heterocycles. The fourth-order valence-electron chi connectivity index (χ4n) is 3.72. The summed E-state index contributed by atoms with van der Waals surface area (Å²) in [5.74, 6) is -0.812. The lowest BCUT2D eigenvalue weighted by atomic mass is 9.78. The predicted molar refractivity (Wildman–Crippen MR) is 91.0 cm³/mol. The molecule has 0 aromatic heterocycles. The van der Waals surface area contributed by atoms with E-state index in [1.165, 1.54) is 19.3 Å². The van der Waals surface area contributed by atoms with Gasteiger partial charge in [-0.1, -0.05) is 45.4 Å². The molecule has 0 aliphatic heterocycles. The fourth-order valence-corrected chi connectivity index (χ4v) is 3.72. The Kier molecular flexibility index (Phi) is 9.97. The van der Waals surface area contributed by atoms with E-state index in [1.54, 1.807) is 0 Å². The topological polar surface area (TPSA) is 52.6 Å². The highest BCUT2D eigenvalue weighted by Gasteiger charge is 2.41. The number of carbonyl (C=O) groups excluding carboxylic acids is 2. The van der Waals surface area contributed by atoms with Gasteiger partial charge in [0, 0.05) is 0 Å². The highest BCUT2D eigenvalue weighted by atomic mass is 16.5. The first kappa shape index (κ1) is 20.0. The molecule has 0 aromatic carbocycles. The first-order valence-electron chi connectivity index (χ1n) is 9.48. The van der Waals surface area contributed by atoms with Gasteiger partial charge in [0.15, 0.2) is 0 Å². The lowest BCUT2D eigenvalue weighted by molar-refractivity contribution is -0.163. The molecule has 0 amide bonds. The molecule has 1 aliphatic carbocycles. The van der Waals surface area contributed by atoms with Gasteiger partial charge in [-0.05, 0) is 39.0 Å². The van der Waals surface area contributed by atoms with Gasteiger partial charge in [0.05, 0.1) is 25.0 Å². The molecule has 134 valence electrons. The van der Waals surface area contributed by atoms with Crippen molar-refractivity contribution in [3.63, 3.8) is 0 Å². The van der Waals surface area contributed by atoms with E-state index in [9.17, 15) is 9.59 Å². The highest BCUT2D eigenvalue weighted by Crippen LogP contribution is 2.38. The average molecular weight is 326 g/mol. The fraction of sp³-hybridized carbons (Fsp3) is 0.895. The van der Waals surface area contributed by atoms with Crippen LogP contribution < -0.4 is 0 Å². The van der Waals surface area contributed by atoms with Gasteiger partial charge in [-0.3, -0.25) is 9.59 Å². The van der Waals surface area contributed by atoms with Gasteiger partial charge in [0.2, 0.25) is 0 Å².